The fraction of sp³-hybridized carbons (Fsp3) is 0.222. The van der Waals surface area contributed by atoms with Crippen LogP contribution in [0.15, 0.2) is 73.1 Å². The van der Waals surface area contributed by atoms with Gasteiger partial charge in [-0.1, -0.05) is 48.5 Å². The van der Waals surface area contributed by atoms with Gasteiger partial charge in [0, 0.05) is 36.1 Å². The monoisotopic (exact) mass is 470 g/mol. The van der Waals surface area contributed by atoms with Crippen LogP contribution in [0.3, 0.4) is 0 Å². The van der Waals surface area contributed by atoms with E-state index in [-0.39, 0.29) is 25.5 Å². The number of hydrogen-bond donors (Lipinski definition) is 4. The molecule has 1 aliphatic rings. The minimum absolute atomic E-state index is 0.0315. The van der Waals surface area contributed by atoms with Crippen LogP contribution in [0.5, 0.6) is 0 Å². The molecule has 1 aliphatic carbocycles. The number of nitrogens with zero attached hydrogens (tertiary/aromatic N) is 2. The Hall–Kier alpha value is -4.01. The lowest BCUT2D eigenvalue weighted by Gasteiger charge is -2.21. The van der Waals surface area contributed by atoms with Gasteiger partial charge >= 0.3 is 6.09 Å². The number of carbonyl (C=O) groups is 1. The molecule has 0 radical (unpaired) electrons. The van der Waals surface area contributed by atoms with Gasteiger partial charge in [-0.25, -0.2) is 4.79 Å². The molecule has 3 aromatic carbocycles. The summed E-state index contributed by atoms with van der Waals surface area (Å²) < 4.78 is 5.51. The van der Waals surface area contributed by atoms with Gasteiger partial charge in [0.15, 0.2) is 0 Å². The van der Waals surface area contributed by atoms with Gasteiger partial charge in [0.05, 0.1) is 17.1 Å². The van der Waals surface area contributed by atoms with E-state index in [4.69, 9.17) is 10.5 Å². The maximum Gasteiger partial charge on any atom is 0.407 e. The number of amides is 1. The van der Waals surface area contributed by atoms with E-state index in [2.05, 4.69) is 39.6 Å². The van der Waals surface area contributed by atoms with E-state index in [1.165, 1.54) is 6.20 Å². The van der Waals surface area contributed by atoms with Crippen molar-refractivity contribution >= 4 is 22.8 Å². The van der Waals surface area contributed by atoms with Gasteiger partial charge in [-0.3, -0.25) is 9.97 Å². The predicted molar refractivity (Wildman–Crippen MR) is 133 cm³/mol. The Kier molecular flexibility index (Phi) is 6.31. The summed E-state index contributed by atoms with van der Waals surface area (Å²) in [4.78, 5) is 20.8. The molecule has 178 valence electrons. The third kappa shape index (κ3) is 4.41. The smallest absolute Gasteiger partial charge is 0.407 e. The van der Waals surface area contributed by atoms with Crippen LogP contribution in [0, 0.1) is 0 Å². The van der Waals surface area contributed by atoms with Gasteiger partial charge in [-0.05, 0) is 40.8 Å². The fourth-order valence-electron chi connectivity index (χ4n) is 4.71. The average molecular weight is 471 g/mol. The third-order valence-electron chi connectivity index (χ3n) is 6.43. The molecule has 5 rings (SSSR count). The summed E-state index contributed by atoms with van der Waals surface area (Å²) >= 11 is 0. The van der Waals surface area contributed by atoms with Crippen molar-refractivity contribution < 1.29 is 19.7 Å². The molecule has 0 bridgehead atoms. The van der Waals surface area contributed by atoms with Crippen LogP contribution in [0.4, 0.5) is 10.5 Å². The normalized spacial score (nSPS) is 14.2. The molecule has 2 atom stereocenters. The minimum Gasteiger partial charge on any atom is -0.449 e. The highest BCUT2D eigenvalue weighted by molar-refractivity contribution is 5.83. The number of aromatic nitrogens is 2. The molecule has 1 amide bonds. The highest BCUT2D eigenvalue weighted by Crippen LogP contribution is 2.44. The van der Waals surface area contributed by atoms with E-state index in [0.717, 1.165) is 22.3 Å². The van der Waals surface area contributed by atoms with Crippen molar-refractivity contribution in [3.8, 4) is 11.1 Å². The van der Waals surface area contributed by atoms with E-state index < -0.39 is 18.3 Å². The Morgan fingerprint density at radius 2 is 1.63 bits per heavy atom. The SMILES string of the molecule is Nc1ccc2nccnc2c1C(O)C(O)CCNC(=O)OCC1c2ccccc2-c2ccccc21. The molecule has 8 nitrogen and oxygen atoms in total. The maximum absolute atomic E-state index is 12.4. The first-order valence-electron chi connectivity index (χ1n) is 11.5. The van der Waals surface area contributed by atoms with Crippen LogP contribution in [0.2, 0.25) is 0 Å². The number of alkyl carbamates (subject to hydrolysis) is 1. The number of carbonyl (C=O) groups excluding carboxylic acids is 1. The summed E-state index contributed by atoms with van der Waals surface area (Å²) in [7, 11) is 0. The second-order valence-electron chi connectivity index (χ2n) is 8.55. The number of rotatable bonds is 7. The van der Waals surface area contributed by atoms with Crippen LogP contribution in [0.1, 0.15) is 35.1 Å². The Labute approximate surface area is 202 Å². The van der Waals surface area contributed by atoms with E-state index in [9.17, 15) is 15.0 Å². The summed E-state index contributed by atoms with van der Waals surface area (Å²) in [6.45, 7) is 0.321. The topological polar surface area (TPSA) is 131 Å². The second-order valence-corrected chi connectivity index (χ2v) is 8.55. The maximum atomic E-state index is 12.4. The van der Waals surface area contributed by atoms with Crippen LogP contribution in [-0.4, -0.2) is 45.5 Å². The van der Waals surface area contributed by atoms with Crippen molar-refractivity contribution in [2.75, 3.05) is 18.9 Å². The number of fused-ring (bicyclic) bond motifs is 4. The number of nitrogen functional groups attached to an aromatic ring is 1. The van der Waals surface area contributed by atoms with Gasteiger partial charge in [-0.2, -0.15) is 0 Å². The standard InChI is InChI=1S/C27H26N4O4/c28-21-9-10-22-25(30-14-13-29-22)24(21)26(33)23(32)11-12-31-27(34)35-15-20-18-7-3-1-5-16(18)17-6-2-4-8-19(17)20/h1-10,13-14,20,23,26,32-33H,11-12,15,28H2,(H,31,34). The molecule has 4 aromatic rings. The van der Waals surface area contributed by atoms with Crippen LogP contribution < -0.4 is 11.1 Å². The zero-order valence-electron chi connectivity index (χ0n) is 19.0. The van der Waals surface area contributed by atoms with E-state index in [1.54, 1.807) is 18.3 Å². The highest BCUT2D eigenvalue weighted by atomic mass is 16.5. The number of aliphatic hydroxyl groups excluding tert-OH is 2. The lowest BCUT2D eigenvalue weighted by molar-refractivity contribution is 0.0148. The predicted octanol–water partition coefficient (Wildman–Crippen LogP) is 3.54. The average Bonchev–Trinajstić information content (AvgIpc) is 3.20. The first kappa shape index (κ1) is 22.8. The molecule has 0 aliphatic heterocycles. The van der Waals surface area contributed by atoms with Crippen molar-refractivity contribution in [1.29, 1.82) is 0 Å². The van der Waals surface area contributed by atoms with Crippen LogP contribution in [-0.2, 0) is 4.74 Å². The van der Waals surface area contributed by atoms with Gasteiger partial charge in [-0.15, -0.1) is 0 Å². The molecule has 0 saturated heterocycles. The Balaban J connectivity index is 1.17. The second kappa shape index (κ2) is 9.69. The summed E-state index contributed by atoms with van der Waals surface area (Å²) in [5, 5.41) is 23.9. The molecular formula is C27H26N4O4. The Morgan fingerprint density at radius 3 is 2.34 bits per heavy atom. The van der Waals surface area contributed by atoms with Crippen molar-refractivity contribution in [1.82, 2.24) is 15.3 Å². The number of nitrogens with two attached hydrogens (primary N) is 1. The van der Waals surface area contributed by atoms with E-state index in [1.807, 2.05) is 24.3 Å². The Morgan fingerprint density at radius 1 is 0.971 bits per heavy atom. The van der Waals surface area contributed by atoms with Crippen molar-refractivity contribution in [2.45, 2.75) is 24.5 Å². The third-order valence-corrected chi connectivity index (χ3v) is 6.43. The molecule has 1 heterocycles. The zero-order valence-corrected chi connectivity index (χ0v) is 19.0. The summed E-state index contributed by atoms with van der Waals surface area (Å²) in [6, 6.07) is 19.6. The quantitative estimate of drug-likeness (QED) is 0.304. The lowest BCUT2D eigenvalue weighted by Crippen LogP contribution is -2.31. The molecule has 0 saturated carbocycles. The fourth-order valence-corrected chi connectivity index (χ4v) is 4.71. The molecule has 2 unspecified atom stereocenters. The van der Waals surface area contributed by atoms with Gasteiger partial charge < -0.3 is 26.0 Å². The minimum atomic E-state index is -1.28. The number of benzene rings is 3. The van der Waals surface area contributed by atoms with Gasteiger partial charge in [0.1, 0.15) is 12.7 Å². The van der Waals surface area contributed by atoms with E-state index >= 15 is 0 Å². The van der Waals surface area contributed by atoms with Crippen LogP contribution >= 0.6 is 0 Å². The molecule has 5 N–H and O–H groups in total. The Bertz CT molecular complexity index is 1330. The van der Waals surface area contributed by atoms with Gasteiger partial charge in [0.2, 0.25) is 0 Å². The number of ether oxygens (including phenoxy) is 1. The summed E-state index contributed by atoms with van der Waals surface area (Å²) in [6.07, 6.45) is 0.121. The molecule has 8 heteroatoms. The largest absolute Gasteiger partial charge is 0.449 e. The molecule has 35 heavy (non-hydrogen) atoms. The highest BCUT2D eigenvalue weighted by Gasteiger charge is 2.29. The van der Waals surface area contributed by atoms with Crippen LogP contribution in [0.25, 0.3) is 22.2 Å². The first-order chi connectivity index (χ1) is 17.0. The summed E-state index contributed by atoms with van der Waals surface area (Å²) in [5.41, 5.74) is 12.3. The van der Waals surface area contributed by atoms with Gasteiger partial charge in [0.25, 0.3) is 0 Å². The van der Waals surface area contributed by atoms with Crippen molar-refractivity contribution in [2.24, 2.45) is 0 Å². The summed E-state index contributed by atoms with van der Waals surface area (Å²) in [5.74, 6) is -0.0315. The molecule has 0 fully saturated rings. The first-order valence-corrected chi connectivity index (χ1v) is 11.5. The molecular weight excluding hydrogens is 444 g/mol. The van der Waals surface area contributed by atoms with Crippen molar-refractivity contribution in [3.63, 3.8) is 0 Å². The zero-order chi connectivity index (χ0) is 24.4. The molecule has 1 aromatic heterocycles. The number of anilines is 1. The molecule has 0 spiro atoms. The number of aliphatic hydroxyl groups is 2. The number of hydrogen-bond acceptors (Lipinski definition) is 7. The van der Waals surface area contributed by atoms with E-state index in [0.29, 0.717) is 22.3 Å². The van der Waals surface area contributed by atoms with Crippen molar-refractivity contribution in [3.05, 3.63) is 89.7 Å². The number of nitrogens with one attached hydrogen (secondary N) is 1. The lowest BCUT2D eigenvalue weighted by atomic mass is 9.98.